The molecule has 2 aromatic carbocycles. The molecule has 0 saturated carbocycles. The van der Waals surface area contributed by atoms with Crippen molar-refractivity contribution >= 4 is 28.8 Å². The van der Waals surface area contributed by atoms with Crippen molar-refractivity contribution in [3.63, 3.8) is 0 Å². The molecule has 0 saturated heterocycles. The highest BCUT2D eigenvalue weighted by Crippen LogP contribution is 2.40. The molecule has 1 amide bonds. The zero-order chi connectivity index (χ0) is 17.5. The zero-order valence-corrected chi connectivity index (χ0v) is 14.4. The van der Waals surface area contributed by atoms with Crippen molar-refractivity contribution in [3.05, 3.63) is 59.1 Å². The average molecular weight is 366 g/mol. The van der Waals surface area contributed by atoms with Gasteiger partial charge in [0.25, 0.3) is 5.91 Å². The average Bonchev–Trinajstić information content (AvgIpc) is 3.22. The quantitative estimate of drug-likeness (QED) is 0.751. The Morgan fingerprint density at radius 1 is 1.12 bits per heavy atom. The molecule has 130 valence electrons. The summed E-state index contributed by atoms with van der Waals surface area (Å²) in [6.45, 7) is 1.02. The molecule has 0 fully saturated rings. The molecule has 2 aliphatic heterocycles. The molecule has 5 rings (SSSR count). The molecule has 0 aliphatic carbocycles. The summed E-state index contributed by atoms with van der Waals surface area (Å²) < 4.78 is 15.2. The monoisotopic (exact) mass is 366 g/mol. The number of hydrogen-bond donors (Lipinski definition) is 1. The maximum atomic E-state index is 13.3. The molecular weight excluding hydrogens is 352 g/mol. The third kappa shape index (κ3) is 2.38. The van der Waals surface area contributed by atoms with E-state index in [4.69, 9.17) is 9.47 Å². The Morgan fingerprint density at radius 3 is 2.81 bits per heavy atom. The third-order valence-electron chi connectivity index (χ3n) is 4.39. The summed E-state index contributed by atoms with van der Waals surface area (Å²) in [5.41, 5.74) is 2.79. The molecule has 1 aromatic heterocycles. The largest absolute Gasteiger partial charge is 0.486 e. The highest BCUT2D eigenvalue weighted by atomic mass is 32.1. The molecule has 3 heterocycles. The lowest BCUT2D eigenvalue weighted by Gasteiger charge is -2.37. The lowest BCUT2D eigenvalue weighted by atomic mass is 10.1. The SMILES string of the molecule is O=C1c2ccccc2NC(c2csnn2)N1c1ccc2c(c1)OCCO2. The van der Waals surface area contributed by atoms with Crippen LogP contribution in [0.2, 0.25) is 0 Å². The number of nitrogens with one attached hydrogen (secondary N) is 1. The molecule has 3 aromatic rings. The molecule has 1 N–H and O–H groups in total. The van der Waals surface area contributed by atoms with Crippen molar-refractivity contribution in [3.8, 4) is 11.5 Å². The first-order valence-electron chi connectivity index (χ1n) is 8.17. The van der Waals surface area contributed by atoms with E-state index in [2.05, 4.69) is 14.9 Å². The van der Waals surface area contributed by atoms with Gasteiger partial charge < -0.3 is 14.8 Å². The summed E-state index contributed by atoms with van der Waals surface area (Å²) in [7, 11) is 0. The summed E-state index contributed by atoms with van der Waals surface area (Å²) in [5.74, 6) is 1.22. The zero-order valence-electron chi connectivity index (χ0n) is 13.6. The van der Waals surface area contributed by atoms with Crippen LogP contribution in [-0.2, 0) is 0 Å². The molecule has 26 heavy (non-hydrogen) atoms. The van der Waals surface area contributed by atoms with Gasteiger partial charge in [0.2, 0.25) is 0 Å². The van der Waals surface area contributed by atoms with Crippen LogP contribution in [0.5, 0.6) is 11.5 Å². The predicted octanol–water partition coefficient (Wildman–Crippen LogP) is 3.08. The summed E-state index contributed by atoms with van der Waals surface area (Å²) in [4.78, 5) is 14.9. The number of anilines is 2. The Kier molecular flexibility index (Phi) is 3.49. The van der Waals surface area contributed by atoms with Crippen LogP contribution in [-0.4, -0.2) is 28.7 Å². The Bertz CT molecular complexity index is 976. The van der Waals surface area contributed by atoms with Crippen LogP contribution in [0.15, 0.2) is 47.8 Å². The molecule has 0 bridgehead atoms. The Balaban J connectivity index is 1.63. The van der Waals surface area contributed by atoms with Crippen LogP contribution >= 0.6 is 11.5 Å². The van der Waals surface area contributed by atoms with Crippen molar-refractivity contribution in [1.82, 2.24) is 9.59 Å². The highest BCUT2D eigenvalue weighted by Gasteiger charge is 2.35. The van der Waals surface area contributed by atoms with E-state index in [-0.39, 0.29) is 5.91 Å². The van der Waals surface area contributed by atoms with Gasteiger partial charge in [-0.3, -0.25) is 9.69 Å². The number of fused-ring (bicyclic) bond motifs is 2. The Hall–Kier alpha value is -3.13. The lowest BCUT2D eigenvalue weighted by Crippen LogP contribution is -2.43. The minimum atomic E-state index is -0.446. The molecule has 8 heteroatoms. The molecular formula is C18H14N4O3S. The van der Waals surface area contributed by atoms with Crippen molar-refractivity contribution < 1.29 is 14.3 Å². The van der Waals surface area contributed by atoms with Crippen molar-refractivity contribution in [2.75, 3.05) is 23.4 Å². The molecule has 0 radical (unpaired) electrons. The summed E-state index contributed by atoms with van der Waals surface area (Å²) >= 11 is 1.25. The predicted molar refractivity (Wildman–Crippen MR) is 97.0 cm³/mol. The van der Waals surface area contributed by atoms with E-state index in [9.17, 15) is 4.79 Å². The van der Waals surface area contributed by atoms with Crippen molar-refractivity contribution in [2.45, 2.75) is 6.17 Å². The molecule has 0 spiro atoms. The van der Waals surface area contributed by atoms with Crippen LogP contribution in [0.4, 0.5) is 11.4 Å². The first-order valence-corrected chi connectivity index (χ1v) is 9.00. The van der Waals surface area contributed by atoms with Gasteiger partial charge in [-0.05, 0) is 35.8 Å². The molecule has 1 atom stereocenters. The van der Waals surface area contributed by atoms with Crippen LogP contribution in [0.3, 0.4) is 0 Å². The van der Waals surface area contributed by atoms with E-state index in [1.165, 1.54) is 11.5 Å². The van der Waals surface area contributed by atoms with Crippen LogP contribution in [0, 0.1) is 0 Å². The number of aromatic nitrogens is 2. The van der Waals surface area contributed by atoms with E-state index >= 15 is 0 Å². The van der Waals surface area contributed by atoms with E-state index < -0.39 is 6.17 Å². The number of para-hydroxylation sites is 1. The number of amides is 1. The molecule has 7 nitrogen and oxygen atoms in total. The van der Waals surface area contributed by atoms with Crippen LogP contribution in [0.1, 0.15) is 22.2 Å². The number of rotatable bonds is 2. The van der Waals surface area contributed by atoms with E-state index in [0.717, 1.165) is 5.69 Å². The fourth-order valence-electron chi connectivity index (χ4n) is 3.20. The minimum absolute atomic E-state index is 0.103. The second-order valence-electron chi connectivity index (χ2n) is 5.93. The van der Waals surface area contributed by atoms with Gasteiger partial charge in [0, 0.05) is 17.1 Å². The standard InChI is InChI=1S/C18H14N4O3S/c23-18-12-3-1-2-4-13(12)19-17(14-10-26-21-20-14)22(18)11-5-6-15-16(9-11)25-8-7-24-15/h1-6,9-10,17,19H,7-8H2. The van der Waals surface area contributed by atoms with Gasteiger partial charge in [0.1, 0.15) is 18.9 Å². The number of nitrogens with zero attached hydrogens (tertiary/aromatic N) is 3. The third-order valence-corrected chi connectivity index (χ3v) is 4.91. The summed E-state index contributed by atoms with van der Waals surface area (Å²) in [6, 6.07) is 13.0. The van der Waals surface area contributed by atoms with E-state index in [1.54, 1.807) is 4.90 Å². The van der Waals surface area contributed by atoms with Gasteiger partial charge >= 0.3 is 0 Å². The van der Waals surface area contributed by atoms with Crippen molar-refractivity contribution in [2.24, 2.45) is 0 Å². The van der Waals surface area contributed by atoms with Crippen LogP contribution in [0.25, 0.3) is 0 Å². The highest BCUT2D eigenvalue weighted by molar-refractivity contribution is 7.03. The van der Waals surface area contributed by atoms with Gasteiger partial charge in [-0.2, -0.15) is 0 Å². The normalized spacial score (nSPS) is 18.2. The van der Waals surface area contributed by atoms with Gasteiger partial charge in [0.05, 0.1) is 11.3 Å². The molecule has 1 unspecified atom stereocenters. The summed E-state index contributed by atoms with van der Waals surface area (Å²) in [6.07, 6.45) is -0.446. The second-order valence-corrected chi connectivity index (χ2v) is 6.54. The smallest absolute Gasteiger partial charge is 0.262 e. The minimum Gasteiger partial charge on any atom is -0.486 e. The number of carbonyl (C=O) groups is 1. The van der Waals surface area contributed by atoms with Gasteiger partial charge in [0.15, 0.2) is 17.7 Å². The number of hydrogen-bond acceptors (Lipinski definition) is 7. The van der Waals surface area contributed by atoms with E-state index in [1.807, 2.05) is 47.8 Å². The number of benzene rings is 2. The first-order chi connectivity index (χ1) is 12.8. The van der Waals surface area contributed by atoms with Gasteiger partial charge in [-0.25, -0.2) is 0 Å². The number of ether oxygens (including phenoxy) is 2. The van der Waals surface area contributed by atoms with Gasteiger partial charge in [-0.1, -0.05) is 16.6 Å². The topological polar surface area (TPSA) is 76.6 Å². The fourth-order valence-corrected chi connectivity index (χ4v) is 3.67. The maximum Gasteiger partial charge on any atom is 0.262 e. The maximum absolute atomic E-state index is 13.3. The Morgan fingerprint density at radius 2 is 1.96 bits per heavy atom. The Labute approximate surface area is 153 Å². The molecule has 2 aliphatic rings. The second kappa shape index (κ2) is 5.99. The summed E-state index contributed by atoms with van der Waals surface area (Å²) in [5, 5.41) is 9.40. The lowest BCUT2D eigenvalue weighted by molar-refractivity contribution is 0.0974. The van der Waals surface area contributed by atoms with Gasteiger partial charge in [-0.15, -0.1) is 5.10 Å². The van der Waals surface area contributed by atoms with Crippen molar-refractivity contribution in [1.29, 1.82) is 0 Å². The number of carbonyl (C=O) groups excluding carboxylic acids is 1. The van der Waals surface area contributed by atoms with E-state index in [0.29, 0.717) is 41.7 Å². The first kappa shape index (κ1) is 15.2. The van der Waals surface area contributed by atoms with Crippen LogP contribution < -0.4 is 19.7 Å². The fraction of sp³-hybridized carbons (Fsp3) is 0.167.